The maximum absolute atomic E-state index is 12.4. The molecule has 8 nitrogen and oxygen atoms in total. The number of amides is 1. The third-order valence-electron chi connectivity index (χ3n) is 4.83. The van der Waals surface area contributed by atoms with Gasteiger partial charge in [0.15, 0.2) is 10.9 Å². The fourth-order valence-electron chi connectivity index (χ4n) is 3.17. The number of carbonyl (C=O) groups is 2. The summed E-state index contributed by atoms with van der Waals surface area (Å²) in [5, 5.41) is 6.05. The quantitative estimate of drug-likeness (QED) is 0.340. The molecule has 0 saturated carbocycles. The molecule has 0 aliphatic rings. The molecule has 164 valence electrons. The van der Waals surface area contributed by atoms with Gasteiger partial charge < -0.3 is 10.3 Å². The van der Waals surface area contributed by atoms with E-state index in [1.165, 1.54) is 42.5 Å². The minimum absolute atomic E-state index is 0.0335. The van der Waals surface area contributed by atoms with Gasteiger partial charge in [-0.2, -0.15) is 0 Å². The number of H-pyrrole nitrogens is 1. The first kappa shape index (κ1) is 21.9. The van der Waals surface area contributed by atoms with Crippen molar-refractivity contribution in [1.82, 2.24) is 14.7 Å². The van der Waals surface area contributed by atoms with Gasteiger partial charge in [0.25, 0.3) is 0 Å². The number of anilines is 1. The molecule has 0 fully saturated rings. The van der Waals surface area contributed by atoms with Crippen LogP contribution in [0.25, 0.3) is 22.2 Å². The summed E-state index contributed by atoms with van der Waals surface area (Å²) in [6, 6.07) is 13.5. The lowest BCUT2D eigenvalue weighted by atomic mass is 10.1. The lowest BCUT2D eigenvalue weighted by molar-refractivity contribution is -0.116. The van der Waals surface area contributed by atoms with Crippen LogP contribution in [-0.4, -0.2) is 36.6 Å². The number of nitrogens with zero attached hydrogens (tertiary/aromatic N) is 1. The van der Waals surface area contributed by atoms with Gasteiger partial charge in [-0.15, -0.1) is 11.3 Å². The van der Waals surface area contributed by atoms with Gasteiger partial charge in [0.1, 0.15) is 0 Å². The number of benzene rings is 2. The van der Waals surface area contributed by atoms with Gasteiger partial charge >= 0.3 is 0 Å². The zero-order valence-electron chi connectivity index (χ0n) is 17.1. The number of aromatic amines is 1. The smallest absolute Gasteiger partial charge is 0.240 e. The zero-order valence-corrected chi connectivity index (χ0v) is 18.7. The number of sulfonamides is 1. The van der Waals surface area contributed by atoms with Crippen molar-refractivity contribution in [2.45, 2.75) is 18.2 Å². The number of carbonyl (C=O) groups excluding carboxylic acids is 2. The molecule has 2 aromatic carbocycles. The summed E-state index contributed by atoms with van der Waals surface area (Å²) in [6.45, 7) is 1.34. The van der Waals surface area contributed by atoms with E-state index in [1.807, 2.05) is 35.8 Å². The number of nitrogens with one attached hydrogen (secondary N) is 3. The highest BCUT2D eigenvalue weighted by Gasteiger charge is 2.16. The summed E-state index contributed by atoms with van der Waals surface area (Å²) in [7, 11) is -3.78. The van der Waals surface area contributed by atoms with Crippen molar-refractivity contribution in [3.05, 3.63) is 65.7 Å². The summed E-state index contributed by atoms with van der Waals surface area (Å²) < 4.78 is 27.1. The van der Waals surface area contributed by atoms with Crippen LogP contribution in [0, 0.1) is 0 Å². The third kappa shape index (κ3) is 4.77. The van der Waals surface area contributed by atoms with Crippen LogP contribution < -0.4 is 10.0 Å². The number of para-hydroxylation sites is 1. The van der Waals surface area contributed by atoms with Gasteiger partial charge in [-0.3, -0.25) is 9.59 Å². The second-order valence-corrected chi connectivity index (χ2v) is 9.69. The number of ketones is 1. The Morgan fingerprint density at radius 1 is 1.09 bits per heavy atom. The van der Waals surface area contributed by atoms with Crippen molar-refractivity contribution < 1.29 is 18.0 Å². The average molecular weight is 469 g/mol. The lowest BCUT2D eigenvalue weighted by Crippen LogP contribution is -2.27. The molecule has 2 aromatic heterocycles. The van der Waals surface area contributed by atoms with Crippen LogP contribution in [0.1, 0.15) is 23.7 Å². The highest BCUT2D eigenvalue weighted by molar-refractivity contribution is 7.89. The predicted octanol–water partition coefficient (Wildman–Crippen LogP) is 3.80. The normalized spacial score (nSPS) is 11.5. The molecule has 3 N–H and O–H groups in total. The molecule has 0 spiro atoms. The highest BCUT2D eigenvalue weighted by Crippen LogP contribution is 2.30. The Balaban J connectivity index is 1.33. The van der Waals surface area contributed by atoms with Crippen molar-refractivity contribution >= 4 is 49.1 Å². The van der Waals surface area contributed by atoms with Crippen molar-refractivity contribution in [3.63, 3.8) is 0 Å². The Kier molecular flexibility index (Phi) is 6.17. The van der Waals surface area contributed by atoms with Crippen LogP contribution in [0.15, 0.2) is 65.0 Å². The van der Waals surface area contributed by atoms with Crippen LogP contribution in [0.3, 0.4) is 0 Å². The molecular formula is C22H20N4O4S2. The first-order chi connectivity index (χ1) is 15.3. The average Bonchev–Trinajstić information content (AvgIpc) is 3.40. The Morgan fingerprint density at radius 2 is 1.84 bits per heavy atom. The van der Waals surface area contributed by atoms with E-state index >= 15 is 0 Å². The first-order valence-electron chi connectivity index (χ1n) is 9.76. The van der Waals surface area contributed by atoms with Crippen molar-refractivity contribution in [3.8, 4) is 11.3 Å². The largest absolute Gasteiger partial charge is 0.360 e. The Bertz CT molecular complexity index is 1390. The number of rotatable bonds is 8. The predicted molar refractivity (Wildman–Crippen MR) is 124 cm³/mol. The van der Waals surface area contributed by atoms with E-state index in [1.54, 1.807) is 0 Å². The van der Waals surface area contributed by atoms with E-state index in [2.05, 4.69) is 20.0 Å². The second kappa shape index (κ2) is 9.03. The minimum Gasteiger partial charge on any atom is -0.360 e. The fraction of sp³-hybridized carbons (Fsp3) is 0.136. The van der Waals surface area contributed by atoms with Gasteiger partial charge in [0.05, 0.1) is 10.6 Å². The van der Waals surface area contributed by atoms with Crippen LogP contribution in [0.2, 0.25) is 0 Å². The number of thiazole rings is 1. The molecule has 0 radical (unpaired) electrons. The molecule has 10 heteroatoms. The van der Waals surface area contributed by atoms with E-state index in [0.29, 0.717) is 10.7 Å². The van der Waals surface area contributed by atoms with Crippen molar-refractivity contribution in [2.24, 2.45) is 0 Å². The van der Waals surface area contributed by atoms with Crippen LogP contribution in [0.4, 0.5) is 5.13 Å². The molecule has 0 bridgehead atoms. The number of hydrogen-bond donors (Lipinski definition) is 3. The van der Waals surface area contributed by atoms with Gasteiger partial charge in [-0.1, -0.05) is 30.3 Å². The molecule has 0 saturated heterocycles. The first-order valence-corrected chi connectivity index (χ1v) is 12.1. The van der Waals surface area contributed by atoms with Gasteiger partial charge in [-0.25, -0.2) is 18.1 Å². The number of Topliss-reactive ketones (excluding diaryl/α,β-unsaturated/α-hetero) is 1. The standard InChI is InChI=1S/C22H20N4O4S2/c1-14(27)15-6-8-16(9-7-15)32(29,30)24-11-10-21(28)26-22-25-20(13-31-22)18-12-23-19-5-3-2-4-17(18)19/h2-9,12-13,23-24H,10-11H2,1H3,(H,25,26,28). The molecule has 2 heterocycles. The molecule has 0 aliphatic heterocycles. The summed E-state index contributed by atoms with van der Waals surface area (Å²) in [6.07, 6.45) is 1.83. The van der Waals surface area contributed by atoms with E-state index in [4.69, 9.17) is 0 Å². The summed E-state index contributed by atoms with van der Waals surface area (Å²) in [5.41, 5.74) is 3.13. The van der Waals surface area contributed by atoms with Crippen molar-refractivity contribution in [2.75, 3.05) is 11.9 Å². The summed E-state index contributed by atoms with van der Waals surface area (Å²) in [4.78, 5) is 31.3. The Hall–Kier alpha value is -3.34. The minimum atomic E-state index is -3.78. The molecule has 4 rings (SSSR count). The van der Waals surface area contributed by atoms with E-state index in [0.717, 1.165) is 22.2 Å². The van der Waals surface area contributed by atoms with E-state index in [9.17, 15) is 18.0 Å². The number of aromatic nitrogens is 2. The third-order valence-corrected chi connectivity index (χ3v) is 7.07. The molecule has 0 unspecified atom stereocenters. The van der Waals surface area contributed by atoms with Gasteiger partial charge in [0, 0.05) is 46.6 Å². The molecule has 0 atom stereocenters. The molecular weight excluding hydrogens is 448 g/mol. The topological polar surface area (TPSA) is 121 Å². The van der Waals surface area contributed by atoms with E-state index in [-0.39, 0.29) is 29.6 Å². The van der Waals surface area contributed by atoms with Crippen LogP contribution >= 0.6 is 11.3 Å². The van der Waals surface area contributed by atoms with Gasteiger partial charge in [0.2, 0.25) is 15.9 Å². The maximum atomic E-state index is 12.4. The van der Waals surface area contributed by atoms with Crippen LogP contribution in [0.5, 0.6) is 0 Å². The molecule has 0 aliphatic carbocycles. The monoisotopic (exact) mass is 468 g/mol. The Morgan fingerprint density at radius 3 is 2.59 bits per heavy atom. The van der Waals surface area contributed by atoms with Gasteiger partial charge in [-0.05, 0) is 25.1 Å². The summed E-state index contributed by atoms with van der Waals surface area (Å²) >= 11 is 1.30. The van der Waals surface area contributed by atoms with Crippen LogP contribution in [-0.2, 0) is 14.8 Å². The maximum Gasteiger partial charge on any atom is 0.240 e. The number of fused-ring (bicyclic) bond motifs is 1. The Labute approximate surface area is 188 Å². The molecule has 1 amide bonds. The highest BCUT2D eigenvalue weighted by atomic mass is 32.2. The SMILES string of the molecule is CC(=O)c1ccc(S(=O)(=O)NCCC(=O)Nc2nc(-c3c[nH]c4ccccc34)cs2)cc1. The molecule has 32 heavy (non-hydrogen) atoms. The summed E-state index contributed by atoms with van der Waals surface area (Å²) in [5.74, 6) is -0.493. The second-order valence-electron chi connectivity index (χ2n) is 7.06. The number of hydrogen-bond acceptors (Lipinski definition) is 6. The van der Waals surface area contributed by atoms with Crippen molar-refractivity contribution in [1.29, 1.82) is 0 Å². The fourth-order valence-corrected chi connectivity index (χ4v) is 4.93. The van der Waals surface area contributed by atoms with E-state index < -0.39 is 10.0 Å². The molecule has 4 aromatic rings. The zero-order chi connectivity index (χ0) is 22.7. The lowest BCUT2D eigenvalue weighted by Gasteiger charge is -2.07.